The number of benzene rings is 1. The van der Waals surface area contributed by atoms with Crippen LogP contribution in [0.2, 0.25) is 0 Å². The number of rotatable bonds is 7. The molecule has 148 valence electrons. The Morgan fingerprint density at radius 1 is 1.26 bits per heavy atom. The van der Waals surface area contributed by atoms with Crippen molar-refractivity contribution in [2.75, 3.05) is 13.1 Å². The van der Waals surface area contributed by atoms with Gasteiger partial charge in [-0.15, -0.1) is 0 Å². The largest absolute Gasteiger partial charge is 0.392 e. The van der Waals surface area contributed by atoms with Crippen molar-refractivity contribution in [2.24, 2.45) is 0 Å². The number of aliphatic hydroxyl groups is 1. The van der Waals surface area contributed by atoms with Crippen LogP contribution in [-0.4, -0.2) is 52.4 Å². The molecule has 3 rings (SSSR count). The first-order chi connectivity index (χ1) is 12.9. The molecule has 2 aromatic rings. The van der Waals surface area contributed by atoms with Crippen LogP contribution in [0.15, 0.2) is 41.7 Å². The monoisotopic (exact) mass is 391 g/mol. The van der Waals surface area contributed by atoms with Crippen molar-refractivity contribution >= 4 is 9.84 Å². The maximum absolute atomic E-state index is 12.8. The van der Waals surface area contributed by atoms with E-state index in [4.69, 9.17) is 0 Å². The summed E-state index contributed by atoms with van der Waals surface area (Å²) >= 11 is 0. The fourth-order valence-electron chi connectivity index (χ4n) is 3.48. The number of aromatic nitrogens is 2. The Labute approximate surface area is 161 Å². The third kappa shape index (κ3) is 4.78. The number of aliphatic hydroxyl groups excluding tert-OH is 1. The van der Waals surface area contributed by atoms with Gasteiger partial charge in [0.2, 0.25) is 15.0 Å². The molecule has 2 heterocycles. The smallest absolute Gasteiger partial charge is 0.228 e. The summed E-state index contributed by atoms with van der Waals surface area (Å²) in [5.74, 6) is 0. The lowest BCUT2D eigenvalue weighted by atomic mass is 10.1. The molecule has 1 aliphatic heterocycles. The topological polar surface area (TPSA) is 75.4 Å². The molecule has 1 fully saturated rings. The molecule has 1 aliphatic rings. The van der Waals surface area contributed by atoms with E-state index in [0.29, 0.717) is 19.6 Å². The Hall–Kier alpha value is -1.70. The van der Waals surface area contributed by atoms with Crippen molar-refractivity contribution in [1.82, 2.24) is 14.5 Å². The molecule has 27 heavy (non-hydrogen) atoms. The third-order valence-corrected chi connectivity index (χ3v) is 7.19. The van der Waals surface area contributed by atoms with Crippen molar-refractivity contribution in [3.05, 3.63) is 47.8 Å². The van der Waals surface area contributed by atoms with E-state index in [1.165, 1.54) is 5.56 Å². The standard InChI is InChI=1S/C20H29N3O3S/c1-16(2)27(25,26)20-21-13-18(14-22-11-6-9-19(24)15-22)23(20)12-10-17-7-4-3-5-8-17/h3-5,7-8,13,16,19,24H,6,9-12,14-15H2,1-2H3/t19-/m0/s1. The molecule has 0 bridgehead atoms. The van der Waals surface area contributed by atoms with Crippen LogP contribution in [0, 0.1) is 0 Å². The highest BCUT2D eigenvalue weighted by molar-refractivity contribution is 7.91. The van der Waals surface area contributed by atoms with Crippen LogP contribution in [0.3, 0.4) is 0 Å². The number of sulfone groups is 1. The fraction of sp³-hybridized carbons (Fsp3) is 0.550. The van der Waals surface area contributed by atoms with Crippen LogP contribution in [0.25, 0.3) is 0 Å². The SMILES string of the molecule is CC(C)S(=O)(=O)c1ncc(CN2CCC[C@H](O)C2)n1CCc1ccccc1. The van der Waals surface area contributed by atoms with Gasteiger partial charge in [-0.3, -0.25) is 4.90 Å². The van der Waals surface area contributed by atoms with E-state index in [9.17, 15) is 13.5 Å². The Bertz CT molecular complexity index is 847. The molecule has 1 saturated heterocycles. The predicted molar refractivity (Wildman–Crippen MR) is 105 cm³/mol. The first-order valence-electron chi connectivity index (χ1n) is 9.60. The molecule has 1 aromatic heterocycles. The number of β-amino-alcohol motifs (C(OH)–C–C–N with tert-alkyl or cyclic N) is 1. The van der Waals surface area contributed by atoms with Gasteiger partial charge >= 0.3 is 0 Å². The summed E-state index contributed by atoms with van der Waals surface area (Å²) in [5.41, 5.74) is 2.05. The van der Waals surface area contributed by atoms with Crippen LogP contribution in [0.5, 0.6) is 0 Å². The minimum atomic E-state index is -3.46. The van der Waals surface area contributed by atoms with Crippen molar-refractivity contribution in [1.29, 1.82) is 0 Å². The van der Waals surface area contributed by atoms with Crippen LogP contribution in [-0.2, 0) is 29.3 Å². The second-order valence-electron chi connectivity index (χ2n) is 7.54. The molecule has 6 nitrogen and oxygen atoms in total. The predicted octanol–water partition coefficient (Wildman–Crippen LogP) is 2.26. The molecule has 0 unspecified atom stereocenters. The minimum absolute atomic E-state index is 0.154. The molecule has 0 spiro atoms. The average Bonchev–Trinajstić information content (AvgIpc) is 3.04. The molecule has 0 saturated carbocycles. The Balaban J connectivity index is 1.87. The van der Waals surface area contributed by atoms with E-state index < -0.39 is 15.1 Å². The number of imidazole rings is 1. The lowest BCUT2D eigenvalue weighted by Crippen LogP contribution is -2.38. The highest BCUT2D eigenvalue weighted by Crippen LogP contribution is 2.20. The van der Waals surface area contributed by atoms with Crippen LogP contribution in [0.4, 0.5) is 0 Å². The zero-order chi connectivity index (χ0) is 19.4. The molecule has 7 heteroatoms. The second-order valence-corrected chi connectivity index (χ2v) is 9.94. The van der Waals surface area contributed by atoms with Gasteiger partial charge in [0.05, 0.1) is 23.2 Å². The summed E-state index contributed by atoms with van der Waals surface area (Å²) in [6.45, 7) is 6.07. The number of piperidine rings is 1. The fourth-order valence-corrected chi connectivity index (χ4v) is 4.62. The summed E-state index contributed by atoms with van der Waals surface area (Å²) in [5, 5.41) is 9.57. The highest BCUT2D eigenvalue weighted by Gasteiger charge is 2.27. The molecule has 1 N–H and O–H groups in total. The van der Waals surface area contributed by atoms with Gasteiger partial charge in [0.15, 0.2) is 0 Å². The first-order valence-corrected chi connectivity index (χ1v) is 11.1. The van der Waals surface area contributed by atoms with Crippen LogP contribution in [0.1, 0.15) is 37.9 Å². The van der Waals surface area contributed by atoms with Crippen molar-refractivity contribution in [3.63, 3.8) is 0 Å². The second kappa shape index (κ2) is 8.54. The zero-order valence-corrected chi connectivity index (χ0v) is 16.9. The van der Waals surface area contributed by atoms with Crippen molar-refractivity contribution in [3.8, 4) is 0 Å². The van der Waals surface area contributed by atoms with Gasteiger partial charge in [-0.05, 0) is 45.2 Å². The molecule has 0 aliphatic carbocycles. The summed E-state index contributed by atoms with van der Waals surface area (Å²) < 4.78 is 27.4. The average molecular weight is 392 g/mol. The number of nitrogens with zero attached hydrogens (tertiary/aromatic N) is 3. The normalized spacial score (nSPS) is 18.9. The Morgan fingerprint density at radius 3 is 2.67 bits per heavy atom. The summed E-state index contributed by atoms with van der Waals surface area (Å²) in [6, 6.07) is 10.1. The highest BCUT2D eigenvalue weighted by atomic mass is 32.2. The van der Waals surface area contributed by atoms with E-state index in [0.717, 1.165) is 31.5 Å². The lowest BCUT2D eigenvalue weighted by Gasteiger charge is -2.30. The third-order valence-electron chi connectivity index (χ3n) is 5.11. The molecule has 0 radical (unpaired) electrons. The number of aryl methyl sites for hydroxylation is 1. The van der Waals surface area contributed by atoms with Crippen molar-refractivity contribution in [2.45, 2.75) is 62.7 Å². The lowest BCUT2D eigenvalue weighted by molar-refractivity contribution is 0.0655. The Kier molecular flexibility index (Phi) is 6.34. The zero-order valence-electron chi connectivity index (χ0n) is 16.1. The van der Waals surface area contributed by atoms with Gasteiger partial charge in [0, 0.05) is 19.6 Å². The number of hydrogen-bond donors (Lipinski definition) is 1. The van der Waals surface area contributed by atoms with Gasteiger partial charge in [-0.1, -0.05) is 30.3 Å². The summed E-state index contributed by atoms with van der Waals surface area (Å²) in [6.07, 6.45) is 3.90. The first kappa shape index (κ1) is 20.0. The van der Waals surface area contributed by atoms with E-state index in [1.807, 2.05) is 34.9 Å². The van der Waals surface area contributed by atoms with Gasteiger partial charge < -0.3 is 9.67 Å². The van der Waals surface area contributed by atoms with Crippen LogP contribution < -0.4 is 0 Å². The van der Waals surface area contributed by atoms with E-state index >= 15 is 0 Å². The minimum Gasteiger partial charge on any atom is -0.392 e. The molecular formula is C20H29N3O3S. The summed E-state index contributed by atoms with van der Waals surface area (Å²) in [4.78, 5) is 6.47. The van der Waals surface area contributed by atoms with Crippen LogP contribution >= 0.6 is 0 Å². The Morgan fingerprint density at radius 2 is 2.00 bits per heavy atom. The summed E-state index contributed by atoms with van der Waals surface area (Å²) in [7, 11) is -3.46. The van der Waals surface area contributed by atoms with Gasteiger partial charge in [-0.25, -0.2) is 13.4 Å². The maximum Gasteiger partial charge on any atom is 0.228 e. The van der Waals surface area contributed by atoms with Crippen molar-refractivity contribution < 1.29 is 13.5 Å². The number of hydrogen-bond acceptors (Lipinski definition) is 5. The molecule has 1 aromatic carbocycles. The van der Waals surface area contributed by atoms with E-state index in [1.54, 1.807) is 20.0 Å². The van der Waals surface area contributed by atoms with Gasteiger partial charge in [-0.2, -0.15) is 0 Å². The molecule has 1 atom stereocenters. The quantitative estimate of drug-likeness (QED) is 0.784. The van der Waals surface area contributed by atoms with Gasteiger partial charge in [0.25, 0.3) is 0 Å². The molecule has 0 amide bonds. The maximum atomic E-state index is 12.8. The van der Waals surface area contributed by atoms with Gasteiger partial charge in [0.1, 0.15) is 0 Å². The van der Waals surface area contributed by atoms with E-state index in [2.05, 4.69) is 9.88 Å². The van der Waals surface area contributed by atoms with E-state index in [-0.39, 0.29) is 11.3 Å². The molecular weight excluding hydrogens is 362 g/mol. The number of likely N-dealkylation sites (tertiary alicyclic amines) is 1.